The van der Waals surface area contributed by atoms with Crippen LogP contribution in [0.3, 0.4) is 0 Å². The maximum atomic E-state index is 13.6. The second-order valence-electron chi connectivity index (χ2n) is 9.80. The Hall–Kier alpha value is -5.34. The fourth-order valence-corrected chi connectivity index (χ4v) is 6.36. The summed E-state index contributed by atoms with van der Waals surface area (Å²) in [6.07, 6.45) is 0. The average Bonchev–Trinajstić information content (AvgIpc) is 3.54. The van der Waals surface area contributed by atoms with Gasteiger partial charge in [0, 0.05) is 25.4 Å². The number of anilines is 1. The summed E-state index contributed by atoms with van der Waals surface area (Å²) >= 11 is 1.85. The minimum atomic E-state index is -0.959. The van der Waals surface area contributed by atoms with Gasteiger partial charge in [0.05, 0.1) is 0 Å². The summed E-state index contributed by atoms with van der Waals surface area (Å²) in [6.45, 7) is 1.30. The highest BCUT2D eigenvalue weighted by Crippen LogP contribution is 2.40. The number of nitrogens with zero attached hydrogens (tertiary/aromatic N) is 4. The molecule has 5 rings (SSSR count). The Labute approximate surface area is 271 Å². The Morgan fingerprint density at radius 2 is 1.52 bits per heavy atom. The fourth-order valence-electron chi connectivity index (χ4n) is 4.83. The number of hydrogen-bond donors (Lipinski definition) is 3. The van der Waals surface area contributed by atoms with Crippen molar-refractivity contribution in [1.29, 1.82) is 0 Å². The topological polar surface area (TPSA) is 160 Å². The third-order valence-corrected chi connectivity index (χ3v) is 8.49. The minimum Gasteiger partial charge on any atom is -0.398 e. The molecule has 0 spiro atoms. The Balaban J connectivity index is 1.51. The molecule has 234 valence electrons. The molecule has 0 unspecified atom stereocenters. The highest BCUT2D eigenvalue weighted by atomic mass is 32.2. The molecule has 14 heteroatoms. The molecule has 2 aromatic heterocycles. The van der Waals surface area contributed by atoms with Crippen molar-refractivity contribution in [2.24, 2.45) is 5.16 Å². The maximum Gasteiger partial charge on any atom is 0.330 e. The first kappa shape index (κ1) is 32.1. The number of rotatable bonds is 12. The average molecular weight is 656 g/mol. The van der Waals surface area contributed by atoms with Gasteiger partial charge >= 0.3 is 11.1 Å². The molecule has 0 aliphatic rings. The molecule has 0 aliphatic carbocycles. The van der Waals surface area contributed by atoms with Gasteiger partial charge in [-0.3, -0.25) is 23.7 Å². The summed E-state index contributed by atoms with van der Waals surface area (Å²) in [6, 6.07) is 30.0. The zero-order chi connectivity index (χ0) is 32.5. The van der Waals surface area contributed by atoms with Crippen LogP contribution in [0, 0.1) is 0 Å². The smallest absolute Gasteiger partial charge is 0.330 e. The molecule has 1 amide bonds. The van der Waals surface area contributed by atoms with Gasteiger partial charge in [-0.25, -0.2) is 10.1 Å². The number of H-pyrrole nitrogens is 1. The lowest BCUT2D eigenvalue weighted by molar-refractivity contribution is -0.119. The summed E-state index contributed by atoms with van der Waals surface area (Å²) < 4.78 is 1.02. The number of nitrogens with one attached hydrogen (secondary N) is 3. The predicted molar refractivity (Wildman–Crippen MR) is 177 cm³/mol. The minimum absolute atomic E-state index is 0.0499. The number of aromatic amines is 1. The predicted octanol–water partition coefficient (Wildman–Crippen LogP) is 3.60. The van der Waals surface area contributed by atoms with E-state index < -0.39 is 21.8 Å². The van der Waals surface area contributed by atoms with Crippen LogP contribution in [0.2, 0.25) is 0 Å². The molecule has 0 bridgehead atoms. The van der Waals surface area contributed by atoms with Crippen molar-refractivity contribution < 1.29 is 14.4 Å². The molecular weight excluding hydrogens is 627 g/mol. The lowest BCUT2D eigenvalue weighted by Gasteiger charge is -2.36. The van der Waals surface area contributed by atoms with Gasteiger partial charge in [0.25, 0.3) is 5.12 Å². The second kappa shape index (κ2) is 14.6. The first-order valence-corrected chi connectivity index (χ1v) is 15.7. The molecule has 0 radical (unpaired) electrons. The van der Waals surface area contributed by atoms with E-state index in [-0.39, 0.29) is 35.6 Å². The lowest BCUT2D eigenvalue weighted by Crippen LogP contribution is -2.40. The van der Waals surface area contributed by atoms with Crippen LogP contribution in [0.15, 0.2) is 116 Å². The SMILES string of the molecule is CO/N=C(\C(=O)Sc1n[nH]c(=O)c(=O)n1CCNC(C)=O)c1csc(NC(c2ccccc2)(c2ccccc2)c2ccccc2)n1. The van der Waals surface area contributed by atoms with Crippen LogP contribution in [-0.2, 0) is 26.5 Å². The highest BCUT2D eigenvalue weighted by Gasteiger charge is 2.37. The Morgan fingerprint density at radius 1 is 0.957 bits per heavy atom. The molecular formula is C32H29N7O5S2. The summed E-state index contributed by atoms with van der Waals surface area (Å²) in [7, 11) is 1.30. The summed E-state index contributed by atoms with van der Waals surface area (Å²) in [5, 5.41) is 17.6. The van der Waals surface area contributed by atoms with Crippen LogP contribution in [0.1, 0.15) is 29.3 Å². The van der Waals surface area contributed by atoms with Crippen LogP contribution >= 0.6 is 23.1 Å². The number of aromatic nitrogens is 4. The molecule has 0 saturated carbocycles. The Kier molecular flexibility index (Phi) is 10.2. The number of thioether (sulfide) groups is 1. The van der Waals surface area contributed by atoms with Crippen LogP contribution in [0.25, 0.3) is 0 Å². The van der Waals surface area contributed by atoms with E-state index in [4.69, 9.17) is 9.82 Å². The molecule has 2 heterocycles. The summed E-state index contributed by atoms with van der Waals surface area (Å²) in [5.41, 5.74) is 0.301. The van der Waals surface area contributed by atoms with Gasteiger partial charge in [-0.1, -0.05) is 96.2 Å². The van der Waals surface area contributed by atoms with Crippen LogP contribution in [0.4, 0.5) is 5.13 Å². The first-order valence-electron chi connectivity index (χ1n) is 14.0. The summed E-state index contributed by atoms with van der Waals surface area (Å²) in [5.74, 6) is -0.311. The van der Waals surface area contributed by atoms with Crippen molar-refractivity contribution in [2.45, 2.75) is 24.2 Å². The van der Waals surface area contributed by atoms with E-state index in [1.54, 1.807) is 5.38 Å². The normalized spacial score (nSPS) is 11.6. The van der Waals surface area contributed by atoms with Crippen molar-refractivity contribution in [3.63, 3.8) is 0 Å². The van der Waals surface area contributed by atoms with E-state index in [0.717, 1.165) is 21.3 Å². The highest BCUT2D eigenvalue weighted by molar-refractivity contribution is 8.15. The van der Waals surface area contributed by atoms with Crippen molar-refractivity contribution >= 4 is 45.0 Å². The van der Waals surface area contributed by atoms with Gasteiger partial charge < -0.3 is 15.5 Å². The van der Waals surface area contributed by atoms with Crippen LogP contribution in [-0.4, -0.2) is 50.1 Å². The first-order chi connectivity index (χ1) is 22.3. The van der Waals surface area contributed by atoms with Crippen LogP contribution < -0.4 is 21.8 Å². The Bertz CT molecular complexity index is 1860. The van der Waals surface area contributed by atoms with E-state index in [1.807, 2.05) is 91.0 Å². The monoisotopic (exact) mass is 655 g/mol. The van der Waals surface area contributed by atoms with E-state index in [9.17, 15) is 19.2 Å². The lowest BCUT2D eigenvalue weighted by atomic mass is 9.77. The number of hydrogen-bond acceptors (Lipinski definition) is 11. The molecule has 5 aromatic rings. The van der Waals surface area contributed by atoms with E-state index in [2.05, 4.69) is 26.0 Å². The number of amides is 1. The maximum absolute atomic E-state index is 13.6. The molecule has 0 atom stereocenters. The van der Waals surface area contributed by atoms with E-state index >= 15 is 0 Å². The standard InChI is InChI=1S/C32H29N7O5S2/c1-21(40)33-18-19-39-28(42)27(41)36-37-31(39)46-29(43)26(38-44-2)25-20-45-30(34-25)35-32(22-12-6-3-7-13-22,23-14-8-4-9-15-23)24-16-10-5-11-17-24/h3-17,20H,18-19H2,1-2H3,(H,33,40)(H,34,35)(H,36,41)/b38-26-. The van der Waals surface area contributed by atoms with Crippen molar-refractivity contribution in [3.8, 4) is 0 Å². The largest absolute Gasteiger partial charge is 0.398 e. The number of oxime groups is 1. The number of carbonyl (C=O) groups is 2. The third-order valence-electron chi connectivity index (χ3n) is 6.85. The van der Waals surface area contributed by atoms with E-state index in [0.29, 0.717) is 16.9 Å². The second-order valence-corrected chi connectivity index (χ2v) is 11.6. The third kappa shape index (κ3) is 6.98. The van der Waals surface area contributed by atoms with Gasteiger partial charge in [0.1, 0.15) is 18.3 Å². The fraction of sp³-hybridized carbons (Fsp3) is 0.156. The van der Waals surface area contributed by atoms with Crippen molar-refractivity contribution in [2.75, 3.05) is 19.0 Å². The van der Waals surface area contributed by atoms with Gasteiger partial charge in [-0.05, 0) is 28.5 Å². The Morgan fingerprint density at radius 3 is 2.04 bits per heavy atom. The van der Waals surface area contributed by atoms with Crippen molar-refractivity contribution in [3.05, 3.63) is 139 Å². The van der Waals surface area contributed by atoms with E-state index in [1.165, 1.54) is 25.4 Å². The van der Waals surface area contributed by atoms with Crippen molar-refractivity contribution in [1.82, 2.24) is 25.1 Å². The zero-order valence-corrected chi connectivity index (χ0v) is 26.4. The number of thiazole rings is 1. The quantitative estimate of drug-likeness (QED) is 0.0600. The molecule has 3 N–H and O–H groups in total. The molecule has 3 aromatic carbocycles. The van der Waals surface area contributed by atoms with Gasteiger partial charge in [-0.2, -0.15) is 0 Å². The number of carbonyl (C=O) groups excluding carboxylic acids is 2. The molecule has 0 aliphatic heterocycles. The molecule has 0 fully saturated rings. The molecule has 0 saturated heterocycles. The van der Waals surface area contributed by atoms with Gasteiger partial charge in [0.2, 0.25) is 5.91 Å². The molecule has 46 heavy (non-hydrogen) atoms. The summed E-state index contributed by atoms with van der Waals surface area (Å²) in [4.78, 5) is 59.2. The van der Waals surface area contributed by atoms with Gasteiger partial charge in [-0.15, -0.1) is 16.4 Å². The zero-order valence-electron chi connectivity index (χ0n) is 24.8. The molecule has 12 nitrogen and oxygen atoms in total. The number of benzene rings is 3. The van der Waals surface area contributed by atoms with Gasteiger partial charge in [0.15, 0.2) is 16.0 Å². The van der Waals surface area contributed by atoms with Crippen LogP contribution in [0.5, 0.6) is 0 Å².